The van der Waals surface area contributed by atoms with E-state index in [2.05, 4.69) is 22.5 Å². The summed E-state index contributed by atoms with van der Waals surface area (Å²) in [4.78, 5) is 28.9. The topological polar surface area (TPSA) is 69.0 Å². The Morgan fingerprint density at radius 2 is 1.74 bits per heavy atom. The summed E-state index contributed by atoms with van der Waals surface area (Å²) in [6.07, 6.45) is 1.67. The first-order valence-electron chi connectivity index (χ1n) is 10.6. The van der Waals surface area contributed by atoms with Crippen molar-refractivity contribution in [2.75, 3.05) is 18.6 Å². The Kier molecular flexibility index (Phi) is 5.71. The molecule has 5 rings (SSSR count). The molecule has 1 unspecified atom stereocenters. The number of hydrogen-bond donors (Lipinski definition) is 0. The highest BCUT2D eigenvalue weighted by molar-refractivity contribution is 9.10. The van der Waals surface area contributed by atoms with Gasteiger partial charge in [0.1, 0.15) is 23.7 Å². The van der Waals surface area contributed by atoms with Crippen LogP contribution in [-0.2, 0) is 0 Å². The number of methoxy groups -OCH3 is 1. The van der Waals surface area contributed by atoms with Crippen LogP contribution >= 0.6 is 15.9 Å². The minimum atomic E-state index is -0.663. The third-order valence-electron chi connectivity index (χ3n) is 5.75. The number of rotatable bonds is 6. The quantitative estimate of drug-likeness (QED) is 0.299. The number of nitrogens with zero attached hydrogens (tertiary/aromatic N) is 1. The van der Waals surface area contributed by atoms with Crippen molar-refractivity contribution in [2.45, 2.75) is 6.04 Å². The van der Waals surface area contributed by atoms with Crippen molar-refractivity contribution >= 4 is 38.5 Å². The zero-order valence-electron chi connectivity index (χ0n) is 18.3. The number of anilines is 1. The van der Waals surface area contributed by atoms with E-state index in [0.717, 1.165) is 10.0 Å². The molecule has 1 amide bonds. The van der Waals surface area contributed by atoms with Crippen molar-refractivity contribution < 1.29 is 18.7 Å². The highest BCUT2D eigenvalue weighted by Crippen LogP contribution is 2.42. The Hall–Kier alpha value is -3.84. The molecule has 0 fully saturated rings. The molecule has 1 aromatic heterocycles. The summed E-state index contributed by atoms with van der Waals surface area (Å²) in [6.45, 7) is 4.04. The Bertz CT molecular complexity index is 1460. The normalized spacial score (nSPS) is 14.8. The van der Waals surface area contributed by atoms with Crippen LogP contribution in [0.1, 0.15) is 27.7 Å². The van der Waals surface area contributed by atoms with Gasteiger partial charge in [-0.05, 0) is 60.2 Å². The molecule has 34 heavy (non-hydrogen) atoms. The van der Waals surface area contributed by atoms with Crippen LogP contribution in [0.4, 0.5) is 5.69 Å². The van der Waals surface area contributed by atoms with Crippen LogP contribution in [-0.4, -0.2) is 19.6 Å². The maximum Gasteiger partial charge on any atom is 0.295 e. The number of ether oxygens (including phenoxy) is 2. The summed E-state index contributed by atoms with van der Waals surface area (Å²) in [6, 6.07) is 19.0. The number of carbonyl (C=O) groups excluding carboxylic acids is 1. The van der Waals surface area contributed by atoms with E-state index in [1.807, 2.05) is 24.3 Å². The zero-order valence-corrected chi connectivity index (χ0v) is 19.9. The van der Waals surface area contributed by atoms with E-state index in [4.69, 9.17) is 13.9 Å². The molecule has 7 heteroatoms. The lowest BCUT2D eigenvalue weighted by Crippen LogP contribution is -2.29. The van der Waals surface area contributed by atoms with Gasteiger partial charge in [-0.2, -0.15) is 0 Å². The van der Waals surface area contributed by atoms with Crippen molar-refractivity contribution in [3.8, 4) is 11.5 Å². The number of carbonyl (C=O) groups is 1. The summed E-state index contributed by atoms with van der Waals surface area (Å²) in [5.74, 6) is 1.00. The molecule has 2 heterocycles. The van der Waals surface area contributed by atoms with Crippen LogP contribution < -0.4 is 19.8 Å². The molecule has 1 aliphatic rings. The average molecular weight is 518 g/mol. The predicted molar refractivity (Wildman–Crippen MR) is 134 cm³/mol. The molecule has 0 N–H and O–H groups in total. The number of fused-ring (bicyclic) bond motifs is 2. The van der Waals surface area contributed by atoms with Crippen LogP contribution in [0.25, 0.3) is 11.0 Å². The highest BCUT2D eigenvalue weighted by atomic mass is 79.9. The second-order valence-electron chi connectivity index (χ2n) is 7.76. The molecule has 0 saturated heterocycles. The second-order valence-corrected chi connectivity index (χ2v) is 8.67. The van der Waals surface area contributed by atoms with Gasteiger partial charge in [-0.3, -0.25) is 14.5 Å². The molecule has 0 radical (unpaired) electrons. The fourth-order valence-electron chi connectivity index (χ4n) is 4.17. The van der Waals surface area contributed by atoms with Crippen LogP contribution in [0, 0.1) is 0 Å². The molecule has 4 aromatic rings. The van der Waals surface area contributed by atoms with Crippen molar-refractivity contribution in [2.24, 2.45) is 0 Å². The second kappa shape index (κ2) is 8.83. The first-order chi connectivity index (χ1) is 16.5. The van der Waals surface area contributed by atoms with Gasteiger partial charge in [-0.1, -0.05) is 40.7 Å². The highest BCUT2D eigenvalue weighted by Gasteiger charge is 2.43. The number of halogens is 1. The minimum Gasteiger partial charge on any atom is -0.497 e. The Labute approximate surface area is 204 Å². The summed E-state index contributed by atoms with van der Waals surface area (Å²) in [5, 5.41) is 0.411. The lowest BCUT2D eigenvalue weighted by molar-refractivity contribution is 0.0971. The van der Waals surface area contributed by atoms with Gasteiger partial charge < -0.3 is 13.9 Å². The Morgan fingerprint density at radius 3 is 2.41 bits per heavy atom. The van der Waals surface area contributed by atoms with Crippen LogP contribution in [0.15, 0.2) is 93.1 Å². The predicted octanol–water partition coefficient (Wildman–Crippen LogP) is 5.88. The van der Waals surface area contributed by atoms with E-state index in [9.17, 15) is 9.59 Å². The lowest BCUT2D eigenvalue weighted by atomic mass is 9.98. The molecule has 6 nitrogen and oxygen atoms in total. The summed E-state index contributed by atoms with van der Waals surface area (Å²) >= 11 is 3.42. The van der Waals surface area contributed by atoms with E-state index in [-0.39, 0.29) is 17.1 Å². The molecule has 0 saturated carbocycles. The monoisotopic (exact) mass is 517 g/mol. The fraction of sp³-hybridized carbons (Fsp3) is 0.111. The molecule has 1 atom stereocenters. The van der Waals surface area contributed by atoms with Crippen molar-refractivity contribution in [1.82, 2.24) is 0 Å². The number of benzene rings is 3. The first kappa shape index (κ1) is 22.0. The van der Waals surface area contributed by atoms with E-state index in [1.165, 1.54) is 0 Å². The van der Waals surface area contributed by atoms with Crippen LogP contribution in [0.5, 0.6) is 11.5 Å². The molecular weight excluding hydrogens is 498 g/mol. The molecule has 170 valence electrons. The SMILES string of the molecule is C=CCOc1ccc(C2c3c(oc4ccc(Br)cc4c3=O)C(=O)N2c2ccc(OC)cc2)cc1. The zero-order chi connectivity index (χ0) is 23.8. The fourth-order valence-corrected chi connectivity index (χ4v) is 4.53. The first-order valence-corrected chi connectivity index (χ1v) is 11.4. The van der Waals surface area contributed by atoms with E-state index in [1.54, 1.807) is 60.6 Å². The van der Waals surface area contributed by atoms with Gasteiger partial charge in [0.2, 0.25) is 5.76 Å². The van der Waals surface area contributed by atoms with Crippen LogP contribution in [0.2, 0.25) is 0 Å². The average Bonchev–Trinajstić information content (AvgIpc) is 3.16. The van der Waals surface area contributed by atoms with Gasteiger partial charge >= 0.3 is 0 Å². The third kappa shape index (κ3) is 3.68. The van der Waals surface area contributed by atoms with E-state index < -0.39 is 6.04 Å². The summed E-state index contributed by atoms with van der Waals surface area (Å²) in [7, 11) is 1.58. The summed E-state index contributed by atoms with van der Waals surface area (Å²) in [5.41, 5.74) is 1.82. The molecular formula is C27H20BrNO5. The third-order valence-corrected chi connectivity index (χ3v) is 6.24. The molecule has 1 aliphatic heterocycles. The van der Waals surface area contributed by atoms with Crippen LogP contribution in [0.3, 0.4) is 0 Å². The maximum atomic E-state index is 13.7. The Balaban J connectivity index is 1.71. The van der Waals surface area contributed by atoms with Crippen molar-refractivity contribution in [3.63, 3.8) is 0 Å². The van der Waals surface area contributed by atoms with Gasteiger partial charge in [0.25, 0.3) is 5.91 Å². The smallest absolute Gasteiger partial charge is 0.295 e. The molecule has 0 aliphatic carbocycles. The number of amides is 1. The lowest BCUT2D eigenvalue weighted by Gasteiger charge is -2.25. The summed E-state index contributed by atoms with van der Waals surface area (Å²) < 4.78 is 17.6. The molecule has 0 bridgehead atoms. The standard InChI is InChI=1S/C27H20BrNO5/c1-3-14-33-20-9-4-16(5-10-20)24-23-25(30)21-15-17(28)6-13-22(21)34-26(23)27(31)29(24)18-7-11-19(32-2)12-8-18/h3-13,15,24H,1,14H2,2H3. The number of hydrogen-bond acceptors (Lipinski definition) is 5. The molecule has 3 aromatic carbocycles. The largest absolute Gasteiger partial charge is 0.497 e. The van der Waals surface area contributed by atoms with Gasteiger partial charge in [-0.15, -0.1) is 0 Å². The molecule has 0 spiro atoms. The Morgan fingerprint density at radius 1 is 1.03 bits per heavy atom. The van der Waals surface area contributed by atoms with Gasteiger partial charge in [0, 0.05) is 10.2 Å². The van der Waals surface area contributed by atoms with Crippen molar-refractivity contribution in [1.29, 1.82) is 0 Å². The van der Waals surface area contributed by atoms with Gasteiger partial charge in [-0.25, -0.2) is 0 Å². The minimum absolute atomic E-state index is 0.0487. The maximum absolute atomic E-state index is 13.7. The van der Waals surface area contributed by atoms with E-state index in [0.29, 0.717) is 40.3 Å². The van der Waals surface area contributed by atoms with Gasteiger partial charge in [0.15, 0.2) is 5.43 Å². The van der Waals surface area contributed by atoms with Crippen molar-refractivity contribution in [3.05, 3.63) is 111 Å². The van der Waals surface area contributed by atoms with E-state index >= 15 is 0 Å². The van der Waals surface area contributed by atoms with Gasteiger partial charge in [0.05, 0.1) is 24.1 Å².